The molecule has 0 aliphatic rings. The summed E-state index contributed by atoms with van der Waals surface area (Å²) in [7, 11) is 1.64. The number of rotatable bonds is 2. The number of ether oxygens (including phenoxy) is 1. The van der Waals surface area contributed by atoms with E-state index in [2.05, 4.69) is 10.2 Å². The second kappa shape index (κ2) is 3.89. The summed E-state index contributed by atoms with van der Waals surface area (Å²) in [5.74, 6) is 0.781. The van der Waals surface area contributed by atoms with Crippen LogP contribution in [0.25, 0.3) is 11.3 Å². The lowest BCUT2D eigenvalue weighted by molar-refractivity contribution is 0.416. The Morgan fingerprint density at radius 1 is 1.31 bits per heavy atom. The molecule has 1 aromatic heterocycles. The van der Waals surface area contributed by atoms with Crippen molar-refractivity contribution in [1.82, 2.24) is 10.2 Å². The first kappa shape index (κ1) is 10.5. The molecule has 0 spiro atoms. The number of nitrogens with zero attached hydrogens (tertiary/aromatic N) is 1. The molecule has 1 aromatic carbocycles. The van der Waals surface area contributed by atoms with Crippen LogP contribution in [0.1, 0.15) is 11.3 Å². The second-order valence-corrected chi connectivity index (χ2v) is 3.81. The summed E-state index contributed by atoms with van der Waals surface area (Å²) in [4.78, 5) is 0. The van der Waals surface area contributed by atoms with Gasteiger partial charge in [-0.25, -0.2) is 0 Å². The molecule has 84 valence electrons. The fourth-order valence-electron chi connectivity index (χ4n) is 1.65. The summed E-state index contributed by atoms with van der Waals surface area (Å²) in [6.07, 6.45) is 0. The van der Waals surface area contributed by atoms with Crippen LogP contribution in [0.3, 0.4) is 0 Å². The molecule has 0 bridgehead atoms. The summed E-state index contributed by atoms with van der Waals surface area (Å²) in [5.41, 5.74) is 10.3. The number of H-pyrrole nitrogens is 1. The van der Waals surface area contributed by atoms with Crippen molar-refractivity contribution in [2.45, 2.75) is 13.8 Å². The average molecular weight is 217 g/mol. The van der Waals surface area contributed by atoms with Crippen LogP contribution in [0.15, 0.2) is 18.2 Å². The molecule has 0 radical (unpaired) electrons. The van der Waals surface area contributed by atoms with E-state index in [1.807, 2.05) is 32.0 Å². The third kappa shape index (κ3) is 1.62. The molecule has 1 heterocycles. The molecule has 0 saturated heterocycles. The Kier molecular flexibility index (Phi) is 2.56. The molecule has 0 fully saturated rings. The van der Waals surface area contributed by atoms with Gasteiger partial charge in [0.15, 0.2) is 0 Å². The van der Waals surface area contributed by atoms with Crippen molar-refractivity contribution in [3.63, 3.8) is 0 Å². The number of aromatic amines is 1. The minimum Gasteiger partial charge on any atom is -0.496 e. The molecule has 0 unspecified atom stereocenters. The van der Waals surface area contributed by atoms with E-state index in [0.29, 0.717) is 5.69 Å². The van der Waals surface area contributed by atoms with Crippen LogP contribution in [0.2, 0.25) is 0 Å². The van der Waals surface area contributed by atoms with Gasteiger partial charge in [-0.15, -0.1) is 0 Å². The van der Waals surface area contributed by atoms with Crippen molar-refractivity contribution in [2.75, 3.05) is 12.8 Å². The first-order valence-electron chi connectivity index (χ1n) is 5.09. The standard InChI is InChI=1S/C12H15N3O/c1-7-4-5-10(16-3)9(6-7)12-11(13)8(2)14-15-12/h4-6H,13H2,1-3H3,(H,14,15). The summed E-state index contributed by atoms with van der Waals surface area (Å²) in [5, 5.41) is 7.08. The monoisotopic (exact) mass is 217 g/mol. The van der Waals surface area contributed by atoms with Crippen LogP contribution in [0, 0.1) is 13.8 Å². The molecular weight excluding hydrogens is 202 g/mol. The van der Waals surface area contributed by atoms with Gasteiger partial charge in [0.2, 0.25) is 0 Å². The molecule has 0 atom stereocenters. The maximum Gasteiger partial charge on any atom is 0.128 e. The minimum atomic E-state index is 0.670. The van der Waals surface area contributed by atoms with Gasteiger partial charge >= 0.3 is 0 Å². The number of hydrogen-bond acceptors (Lipinski definition) is 3. The van der Waals surface area contributed by atoms with Gasteiger partial charge in [0.05, 0.1) is 18.5 Å². The molecular formula is C12H15N3O. The number of benzene rings is 1. The Balaban J connectivity index is 2.62. The quantitative estimate of drug-likeness (QED) is 0.811. The highest BCUT2D eigenvalue weighted by Gasteiger charge is 2.13. The fourth-order valence-corrected chi connectivity index (χ4v) is 1.65. The first-order chi connectivity index (χ1) is 7.63. The number of hydrogen-bond donors (Lipinski definition) is 2. The van der Waals surface area contributed by atoms with E-state index in [9.17, 15) is 0 Å². The zero-order chi connectivity index (χ0) is 11.7. The lowest BCUT2D eigenvalue weighted by Crippen LogP contribution is -1.93. The van der Waals surface area contributed by atoms with Crippen molar-refractivity contribution in [1.29, 1.82) is 0 Å². The van der Waals surface area contributed by atoms with Crippen LogP contribution in [0.4, 0.5) is 5.69 Å². The number of nitrogens with two attached hydrogens (primary N) is 1. The van der Waals surface area contributed by atoms with E-state index < -0.39 is 0 Å². The predicted molar refractivity (Wildman–Crippen MR) is 64.5 cm³/mol. The van der Waals surface area contributed by atoms with Gasteiger partial charge in [-0.3, -0.25) is 5.10 Å². The van der Waals surface area contributed by atoms with Crippen LogP contribution in [0.5, 0.6) is 5.75 Å². The van der Waals surface area contributed by atoms with E-state index in [1.165, 1.54) is 0 Å². The largest absolute Gasteiger partial charge is 0.496 e. The predicted octanol–water partition coefficient (Wildman–Crippen LogP) is 2.28. The highest BCUT2D eigenvalue weighted by molar-refractivity contribution is 5.78. The highest BCUT2D eigenvalue weighted by Crippen LogP contribution is 2.33. The van der Waals surface area contributed by atoms with Crippen LogP contribution in [-0.4, -0.2) is 17.3 Å². The molecule has 0 aliphatic carbocycles. The lowest BCUT2D eigenvalue weighted by Gasteiger charge is -2.07. The molecule has 16 heavy (non-hydrogen) atoms. The Morgan fingerprint density at radius 2 is 2.06 bits per heavy atom. The normalized spacial score (nSPS) is 10.4. The number of methoxy groups -OCH3 is 1. The van der Waals surface area contributed by atoms with Crippen LogP contribution in [-0.2, 0) is 0 Å². The molecule has 0 aliphatic heterocycles. The Morgan fingerprint density at radius 3 is 2.62 bits per heavy atom. The number of aromatic nitrogens is 2. The van der Waals surface area contributed by atoms with E-state index >= 15 is 0 Å². The third-order valence-corrected chi connectivity index (χ3v) is 2.60. The maximum atomic E-state index is 5.96. The smallest absolute Gasteiger partial charge is 0.128 e. The van der Waals surface area contributed by atoms with Gasteiger partial charge in [-0.1, -0.05) is 11.6 Å². The van der Waals surface area contributed by atoms with Crippen molar-refractivity contribution < 1.29 is 4.74 Å². The van der Waals surface area contributed by atoms with E-state index in [4.69, 9.17) is 10.5 Å². The topological polar surface area (TPSA) is 63.9 Å². The van der Waals surface area contributed by atoms with Crippen LogP contribution >= 0.6 is 0 Å². The first-order valence-corrected chi connectivity index (χ1v) is 5.09. The number of anilines is 1. The van der Waals surface area contributed by atoms with Crippen molar-refractivity contribution >= 4 is 5.69 Å². The van der Waals surface area contributed by atoms with Gasteiger partial charge < -0.3 is 10.5 Å². The third-order valence-electron chi connectivity index (χ3n) is 2.60. The molecule has 0 amide bonds. The SMILES string of the molecule is COc1ccc(C)cc1-c1n[nH]c(C)c1N. The lowest BCUT2D eigenvalue weighted by atomic mass is 10.1. The summed E-state index contributed by atoms with van der Waals surface area (Å²) in [6, 6.07) is 5.94. The van der Waals surface area contributed by atoms with E-state index in [-0.39, 0.29) is 0 Å². The Bertz CT molecular complexity index is 517. The Labute approximate surface area is 94.4 Å². The highest BCUT2D eigenvalue weighted by atomic mass is 16.5. The second-order valence-electron chi connectivity index (χ2n) is 3.81. The molecule has 0 saturated carbocycles. The van der Waals surface area contributed by atoms with E-state index in [0.717, 1.165) is 28.3 Å². The van der Waals surface area contributed by atoms with Crippen molar-refractivity contribution in [2.24, 2.45) is 0 Å². The van der Waals surface area contributed by atoms with E-state index in [1.54, 1.807) is 7.11 Å². The molecule has 3 N–H and O–H groups in total. The van der Waals surface area contributed by atoms with Gasteiger partial charge in [0.1, 0.15) is 11.4 Å². The van der Waals surface area contributed by atoms with Gasteiger partial charge in [-0.05, 0) is 26.0 Å². The maximum absolute atomic E-state index is 5.96. The molecule has 4 nitrogen and oxygen atoms in total. The van der Waals surface area contributed by atoms with Gasteiger partial charge in [0, 0.05) is 5.56 Å². The Hall–Kier alpha value is -1.97. The summed E-state index contributed by atoms with van der Waals surface area (Å²) in [6.45, 7) is 3.92. The summed E-state index contributed by atoms with van der Waals surface area (Å²) >= 11 is 0. The zero-order valence-corrected chi connectivity index (χ0v) is 9.66. The minimum absolute atomic E-state index is 0.670. The van der Waals surface area contributed by atoms with Crippen molar-refractivity contribution in [3.05, 3.63) is 29.5 Å². The molecule has 2 rings (SSSR count). The van der Waals surface area contributed by atoms with Crippen molar-refractivity contribution in [3.8, 4) is 17.0 Å². The summed E-state index contributed by atoms with van der Waals surface area (Å²) < 4.78 is 5.31. The molecule has 2 aromatic rings. The van der Waals surface area contributed by atoms with Gasteiger partial charge in [-0.2, -0.15) is 5.10 Å². The molecule has 4 heteroatoms. The zero-order valence-electron chi connectivity index (χ0n) is 9.66. The van der Waals surface area contributed by atoms with Gasteiger partial charge in [0.25, 0.3) is 0 Å². The number of nitrogens with one attached hydrogen (secondary N) is 1. The number of aryl methyl sites for hydroxylation is 2. The number of nitrogen functional groups attached to an aromatic ring is 1. The van der Waals surface area contributed by atoms with Crippen LogP contribution < -0.4 is 10.5 Å². The fraction of sp³-hybridized carbons (Fsp3) is 0.250. The average Bonchev–Trinajstić information content (AvgIpc) is 2.60.